The Balaban J connectivity index is 0.000000199. The molecule has 1 aromatic carbocycles. The van der Waals surface area contributed by atoms with E-state index in [0.29, 0.717) is 6.54 Å². The minimum absolute atomic E-state index is 0.176. The first-order valence-electron chi connectivity index (χ1n) is 5.62. The number of halogens is 1. The van der Waals surface area contributed by atoms with Crippen LogP contribution in [0.2, 0.25) is 0 Å². The topological polar surface area (TPSA) is 75.8 Å². The molecular weight excluding hydrogens is 256 g/mol. The van der Waals surface area contributed by atoms with Gasteiger partial charge in [-0.2, -0.15) is 0 Å². The van der Waals surface area contributed by atoms with Crippen LogP contribution in [0.4, 0.5) is 4.79 Å². The molecule has 0 bridgehead atoms. The monoisotopic (exact) mass is 272 g/mol. The molecule has 0 saturated carbocycles. The number of aliphatic hydroxyl groups is 1. The lowest BCUT2D eigenvalue weighted by atomic mass is 10.2. The molecule has 3 N–H and O–H groups in total. The highest BCUT2D eigenvalue weighted by Crippen LogP contribution is 2.02. The van der Waals surface area contributed by atoms with Crippen LogP contribution in [0.1, 0.15) is 12.0 Å². The lowest BCUT2D eigenvalue weighted by molar-refractivity contribution is 0.167. The normalized spacial score (nSPS) is 18.9. The molecule has 1 aromatic rings. The zero-order chi connectivity index (χ0) is 13.4. The molecule has 2 rings (SSSR count). The average Bonchev–Trinajstić information content (AvgIpc) is 2.73. The van der Waals surface area contributed by atoms with E-state index in [1.807, 2.05) is 30.3 Å². The van der Waals surface area contributed by atoms with Crippen molar-refractivity contribution in [1.82, 2.24) is 5.01 Å². The fraction of sp³-hybridized carbons (Fsp3) is 0.417. The Hall–Kier alpha value is -1.14. The number of ether oxygens (including phenoxy) is 1. The van der Waals surface area contributed by atoms with Crippen LogP contribution in [-0.2, 0) is 11.3 Å². The molecule has 6 heteroatoms. The summed E-state index contributed by atoms with van der Waals surface area (Å²) in [5, 5.41) is 10.4. The van der Waals surface area contributed by atoms with E-state index >= 15 is 0 Å². The molecule has 1 aliphatic rings. The first-order chi connectivity index (χ1) is 8.58. The van der Waals surface area contributed by atoms with Gasteiger partial charge in [0.15, 0.2) is 0 Å². The Kier molecular flexibility index (Phi) is 6.67. The van der Waals surface area contributed by atoms with E-state index in [9.17, 15) is 4.79 Å². The molecule has 1 heterocycles. The molecule has 1 atom stereocenters. The van der Waals surface area contributed by atoms with Crippen molar-refractivity contribution in [3.05, 3.63) is 35.9 Å². The van der Waals surface area contributed by atoms with Gasteiger partial charge in [0.25, 0.3) is 0 Å². The van der Waals surface area contributed by atoms with Gasteiger partial charge in [-0.3, -0.25) is 5.84 Å². The summed E-state index contributed by atoms with van der Waals surface area (Å²) < 4.78 is 4.55. The molecule has 1 aliphatic heterocycles. The summed E-state index contributed by atoms with van der Waals surface area (Å²) in [7, 11) is 0. The Morgan fingerprint density at radius 2 is 2.17 bits per heavy atom. The maximum Gasteiger partial charge on any atom is 0.404 e. The summed E-state index contributed by atoms with van der Waals surface area (Å²) >= 11 is 4.97. The van der Waals surface area contributed by atoms with Crippen LogP contribution < -0.4 is 5.84 Å². The van der Waals surface area contributed by atoms with Crippen LogP contribution in [0.15, 0.2) is 30.3 Å². The summed E-state index contributed by atoms with van der Waals surface area (Å²) in [6.45, 7) is 1.71. The molecule has 0 aliphatic carbocycles. The fourth-order valence-electron chi connectivity index (χ4n) is 1.48. The van der Waals surface area contributed by atoms with Crippen molar-refractivity contribution in [2.45, 2.75) is 19.1 Å². The predicted octanol–water partition coefficient (Wildman–Crippen LogP) is 1.49. The lowest BCUT2D eigenvalue weighted by Gasteiger charge is -2.02. The maximum atomic E-state index is 10.2. The van der Waals surface area contributed by atoms with Crippen LogP contribution in [0, 0.1) is 0 Å². The number of hydrogen-bond acceptors (Lipinski definition) is 5. The quantitative estimate of drug-likeness (QED) is 0.630. The highest BCUT2D eigenvalue weighted by Gasteiger charge is 2.15. The SMILES string of the molecule is NN1CCC(O)C1.O=C(Cl)OCc1ccccc1. The van der Waals surface area contributed by atoms with E-state index in [2.05, 4.69) is 4.74 Å². The van der Waals surface area contributed by atoms with E-state index in [-0.39, 0.29) is 12.7 Å². The van der Waals surface area contributed by atoms with E-state index in [0.717, 1.165) is 18.5 Å². The largest absolute Gasteiger partial charge is 0.449 e. The molecule has 0 radical (unpaired) electrons. The van der Waals surface area contributed by atoms with Gasteiger partial charge < -0.3 is 9.84 Å². The zero-order valence-electron chi connectivity index (χ0n) is 9.96. The summed E-state index contributed by atoms with van der Waals surface area (Å²) in [5.41, 5.74) is 0.162. The fourth-order valence-corrected chi connectivity index (χ4v) is 1.54. The molecule has 0 aromatic heterocycles. The van der Waals surface area contributed by atoms with Crippen LogP contribution in [0.5, 0.6) is 0 Å². The highest BCUT2D eigenvalue weighted by molar-refractivity contribution is 6.61. The first kappa shape index (κ1) is 14.9. The molecule has 1 saturated heterocycles. The van der Waals surface area contributed by atoms with Crippen LogP contribution in [0.25, 0.3) is 0 Å². The van der Waals surface area contributed by atoms with Gasteiger partial charge in [0.05, 0.1) is 6.10 Å². The molecule has 1 unspecified atom stereocenters. The van der Waals surface area contributed by atoms with Gasteiger partial charge in [-0.05, 0) is 12.0 Å². The van der Waals surface area contributed by atoms with Gasteiger partial charge >= 0.3 is 5.43 Å². The molecule has 0 spiro atoms. The second kappa shape index (κ2) is 8.05. The maximum absolute atomic E-state index is 10.2. The average molecular weight is 273 g/mol. The first-order valence-corrected chi connectivity index (χ1v) is 5.99. The van der Waals surface area contributed by atoms with Crippen molar-refractivity contribution >= 4 is 17.0 Å². The van der Waals surface area contributed by atoms with Crippen molar-refractivity contribution < 1.29 is 14.6 Å². The van der Waals surface area contributed by atoms with Gasteiger partial charge in [-0.1, -0.05) is 30.3 Å². The number of benzene rings is 1. The number of rotatable bonds is 2. The number of carbonyl (C=O) groups is 1. The third kappa shape index (κ3) is 6.56. The second-order valence-electron chi connectivity index (χ2n) is 3.95. The summed E-state index contributed by atoms with van der Waals surface area (Å²) in [4.78, 5) is 10.2. The Labute approximate surface area is 111 Å². The summed E-state index contributed by atoms with van der Waals surface area (Å²) in [6, 6.07) is 9.36. The van der Waals surface area contributed by atoms with Gasteiger partial charge in [-0.25, -0.2) is 9.80 Å². The zero-order valence-corrected chi connectivity index (χ0v) is 10.7. The van der Waals surface area contributed by atoms with Crippen molar-refractivity contribution in [1.29, 1.82) is 0 Å². The van der Waals surface area contributed by atoms with Crippen LogP contribution in [-0.4, -0.2) is 34.7 Å². The van der Waals surface area contributed by atoms with Gasteiger partial charge in [0.1, 0.15) is 6.61 Å². The molecule has 18 heavy (non-hydrogen) atoms. The third-order valence-electron chi connectivity index (χ3n) is 2.39. The van der Waals surface area contributed by atoms with Crippen LogP contribution in [0.3, 0.4) is 0 Å². The second-order valence-corrected chi connectivity index (χ2v) is 4.26. The lowest BCUT2D eigenvalue weighted by Crippen LogP contribution is -2.28. The van der Waals surface area contributed by atoms with Crippen molar-refractivity contribution in [2.24, 2.45) is 5.84 Å². The van der Waals surface area contributed by atoms with Gasteiger partial charge in [-0.15, -0.1) is 0 Å². The Morgan fingerprint density at radius 1 is 1.50 bits per heavy atom. The summed E-state index contributed by atoms with van der Waals surface area (Å²) in [6.07, 6.45) is 0.654. The van der Waals surface area contributed by atoms with Crippen LogP contribution >= 0.6 is 11.6 Å². The number of nitrogens with zero attached hydrogens (tertiary/aromatic N) is 1. The van der Waals surface area contributed by atoms with Crippen molar-refractivity contribution in [3.8, 4) is 0 Å². The number of carbonyl (C=O) groups excluding carboxylic acids is 1. The van der Waals surface area contributed by atoms with E-state index < -0.39 is 5.43 Å². The Morgan fingerprint density at radius 3 is 2.56 bits per heavy atom. The number of hydrazine groups is 1. The Bertz CT molecular complexity index is 354. The molecule has 5 nitrogen and oxygen atoms in total. The minimum atomic E-state index is -0.770. The molecular formula is C12H17ClN2O3. The molecule has 100 valence electrons. The standard InChI is InChI=1S/C8H7ClO2.C4H10N2O/c9-8(10)11-6-7-4-2-1-3-5-7;5-6-2-1-4(7)3-6/h1-5H,6H2;4,7H,1-3,5H2. The third-order valence-corrected chi connectivity index (χ3v) is 2.50. The predicted molar refractivity (Wildman–Crippen MR) is 68.9 cm³/mol. The number of aliphatic hydroxyl groups excluding tert-OH is 1. The molecule has 1 fully saturated rings. The number of hydrogen-bond donors (Lipinski definition) is 2. The number of nitrogens with two attached hydrogens (primary N) is 1. The minimum Gasteiger partial charge on any atom is -0.449 e. The van der Waals surface area contributed by atoms with E-state index in [1.165, 1.54) is 0 Å². The molecule has 0 amide bonds. The van der Waals surface area contributed by atoms with Gasteiger partial charge in [0, 0.05) is 24.7 Å². The van der Waals surface area contributed by atoms with Crippen molar-refractivity contribution in [3.63, 3.8) is 0 Å². The summed E-state index contributed by atoms with van der Waals surface area (Å²) in [5.74, 6) is 5.30. The van der Waals surface area contributed by atoms with E-state index in [4.69, 9.17) is 22.6 Å². The van der Waals surface area contributed by atoms with Crippen molar-refractivity contribution in [2.75, 3.05) is 13.1 Å². The smallest absolute Gasteiger partial charge is 0.404 e. The van der Waals surface area contributed by atoms with E-state index in [1.54, 1.807) is 5.01 Å². The van der Waals surface area contributed by atoms with Gasteiger partial charge in [0.2, 0.25) is 0 Å². The number of β-amino-alcohol motifs (C(OH)–C–C–N with tert-alkyl or cyclic N) is 1. The highest BCUT2D eigenvalue weighted by atomic mass is 35.5.